The molecule has 0 radical (unpaired) electrons. The van der Waals surface area contributed by atoms with Crippen LogP contribution in [0.15, 0.2) is 55.6 Å². The highest BCUT2D eigenvalue weighted by Crippen LogP contribution is 2.37. The summed E-state index contributed by atoms with van der Waals surface area (Å²) < 4.78 is 0. The Balaban J connectivity index is 2.57. The van der Waals surface area contributed by atoms with Gasteiger partial charge < -0.3 is 15.9 Å². The lowest BCUT2D eigenvalue weighted by Crippen LogP contribution is -1.93. The molecule has 4 N–H and O–H groups in total. The molecule has 0 atom stereocenters. The molecule has 2 aromatic carbocycles. The Hall–Kier alpha value is -2.68. The second kappa shape index (κ2) is 6.18. The lowest BCUT2D eigenvalue weighted by atomic mass is 9.97. The second-order valence-electron chi connectivity index (χ2n) is 4.91. The van der Waals surface area contributed by atoms with Crippen LogP contribution in [0.5, 0.6) is 11.5 Å². The molecule has 2 aromatic rings. The summed E-state index contributed by atoms with van der Waals surface area (Å²) in [4.78, 5) is 0. The molecule has 108 valence electrons. The Morgan fingerprint density at radius 3 is 2.38 bits per heavy atom. The van der Waals surface area contributed by atoms with Crippen molar-refractivity contribution < 1.29 is 10.2 Å². The minimum Gasteiger partial charge on any atom is -0.508 e. The van der Waals surface area contributed by atoms with Crippen molar-refractivity contribution in [3.05, 3.63) is 66.8 Å². The minimum absolute atomic E-state index is 0.0538. The number of nitrogens with two attached hydrogens (primary N) is 1. The largest absolute Gasteiger partial charge is 0.508 e. The van der Waals surface area contributed by atoms with Crippen LogP contribution in [0.4, 0.5) is 5.69 Å². The van der Waals surface area contributed by atoms with Crippen molar-refractivity contribution in [1.29, 1.82) is 0 Å². The molecule has 3 nitrogen and oxygen atoms in total. The first-order valence-corrected chi connectivity index (χ1v) is 6.72. The number of phenolic OH excluding ortho intramolecular Hbond substituents is 2. The fraction of sp³-hybridized carbons (Fsp3) is 0.111. The molecule has 0 saturated carbocycles. The van der Waals surface area contributed by atoms with Gasteiger partial charge in [0.25, 0.3) is 0 Å². The van der Waals surface area contributed by atoms with E-state index in [0.29, 0.717) is 24.1 Å². The smallest absolute Gasteiger partial charge is 0.146 e. The maximum Gasteiger partial charge on any atom is 0.146 e. The van der Waals surface area contributed by atoms with Gasteiger partial charge in [0.15, 0.2) is 0 Å². The standard InChI is InChI=1S/C18H19NO2/c1-3-5-12-9-15(18(21)16(19)10-12)13-7-8-17(20)14(11-13)6-4-2/h3-4,7-11,20-21H,1-2,5-6,19H2. The van der Waals surface area contributed by atoms with E-state index in [1.165, 1.54) is 0 Å². The van der Waals surface area contributed by atoms with Crippen LogP contribution >= 0.6 is 0 Å². The zero-order chi connectivity index (χ0) is 15.4. The summed E-state index contributed by atoms with van der Waals surface area (Å²) in [5.74, 6) is 0.270. The van der Waals surface area contributed by atoms with Gasteiger partial charge in [0.05, 0.1) is 5.69 Å². The van der Waals surface area contributed by atoms with E-state index < -0.39 is 0 Å². The number of allylic oxidation sites excluding steroid dienone is 2. The number of aromatic hydroxyl groups is 2. The van der Waals surface area contributed by atoms with Crippen molar-refractivity contribution in [3.63, 3.8) is 0 Å². The van der Waals surface area contributed by atoms with Crippen molar-refractivity contribution >= 4 is 5.69 Å². The monoisotopic (exact) mass is 281 g/mol. The van der Waals surface area contributed by atoms with Gasteiger partial charge >= 0.3 is 0 Å². The van der Waals surface area contributed by atoms with E-state index >= 15 is 0 Å². The first-order chi connectivity index (χ1) is 10.1. The summed E-state index contributed by atoms with van der Waals surface area (Å²) in [6.07, 6.45) is 4.74. The lowest BCUT2D eigenvalue weighted by Gasteiger charge is -2.12. The number of phenols is 2. The average Bonchev–Trinajstić information content (AvgIpc) is 2.46. The fourth-order valence-corrected chi connectivity index (χ4v) is 2.30. The zero-order valence-electron chi connectivity index (χ0n) is 11.8. The van der Waals surface area contributed by atoms with Crippen LogP contribution in [0.1, 0.15) is 11.1 Å². The first kappa shape index (κ1) is 14.7. The Morgan fingerprint density at radius 2 is 1.71 bits per heavy atom. The Bertz CT molecular complexity index is 690. The molecule has 0 aliphatic rings. The molecule has 3 heteroatoms. The molecule has 0 aliphatic carbocycles. The molecule has 0 amide bonds. The summed E-state index contributed by atoms with van der Waals surface area (Å²) in [6.45, 7) is 7.39. The predicted octanol–water partition coefficient (Wildman–Crippen LogP) is 3.80. The van der Waals surface area contributed by atoms with Crippen molar-refractivity contribution in [2.75, 3.05) is 5.73 Å². The van der Waals surface area contributed by atoms with Crippen LogP contribution in [-0.2, 0) is 12.8 Å². The maximum absolute atomic E-state index is 10.2. The van der Waals surface area contributed by atoms with E-state index in [1.807, 2.05) is 12.1 Å². The van der Waals surface area contributed by atoms with E-state index in [4.69, 9.17) is 5.73 Å². The third-order valence-corrected chi connectivity index (χ3v) is 3.33. The molecule has 0 aliphatic heterocycles. The van der Waals surface area contributed by atoms with Gasteiger partial charge in [-0.25, -0.2) is 0 Å². The third kappa shape index (κ3) is 3.08. The van der Waals surface area contributed by atoms with E-state index in [-0.39, 0.29) is 11.5 Å². The summed E-state index contributed by atoms with van der Waals surface area (Å²) in [5, 5.41) is 20.0. The van der Waals surface area contributed by atoms with E-state index in [2.05, 4.69) is 13.2 Å². The molecule has 0 aromatic heterocycles. The molecular formula is C18H19NO2. The summed E-state index contributed by atoms with van der Waals surface area (Å²) in [5.41, 5.74) is 9.40. The molecule has 0 fully saturated rings. The SMILES string of the molecule is C=CCc1cc(N)c(O)c(-c2ccc(O)c(CC=C)c2)c1. The Labute approximate surface area is 124 Å². The van der Waals surface area contributed by atoms with Gasteiger partial charge in [-0.15, -0.1) is 13.2 Å². The topological polar surface area (TPSA) is 66.5 Å². The summed E-state index contributed by atoms with van der Waals surface area (Å²) in [6, 6.07) is 8.84. The fourth-order valence-electron chi connectivity index (χ4n) is 2.30. The van der Waals surface area contributed by atoms with Crippen LogP contribution in [0, 0.1) is 0 Å². The van der Waals surface area contributed by atoms with Gasteiger partial charge in [-0.3, -0.25) is 0 Å². The van der Waals surface area contributed by atoms with Gasteiger partial charge in [0.2, 0.25) is 0 Å². The number of benzene rings is 2. The molecule has 21 heavy (non-hydrogen) atoms. The average molecular weight is 281 g/mol. The van der Waals surface area contributed by atoms with Crippen molar-refractivity contribution in [3.8, 4) is 22.6 Å². The normalized spacial score (nSPS) is 10.3. The van der Waals surface area contributed by atoms with Crippen LogP contribution in [0.2, 0.25) is 0 Å². The van der Waals surface area contributed by atoms with Crippen molar-refractivity contribution in [1.82, 2.24) is 0 Å². The van der Waals surface area contributed by atoms with Crippen molar-refractivity contribution in [2.24, 2.45) is 0 Å². The third-order valence-electron chi connectivity index (χ3n) is 3.33. The second-order valence-corrected chi connectivity index (χ2v) is 4.91. The highest BCUT2D eigenvalue weighted by Gasteiger charge is 2.11. The van der Waals surface area contributed by atoms with Crippen LogP contribution in [-0.4, -0.2) is 10.2 Å². The van der Waals surface area contributed by atoms with E-state index in [1.54, 1.807) is 30.4 Å². The Kier molecular flexibility index (Phi) is 4.33. The number of nitrogen functional groups attached to an aromatic ring is 1. The maximum atomic E-state index is 10.2. The van der Waals surface area contributed by atoms with Gasteiger partial charge in [0, 0.05) is 5.56 Å². The zero-order valence-corrected chi connectivity index (χ0v) is 11.8. The lowest BCUT2D eigenvalue weighted by molar-refractivity contribution is 0.469. The molecule has 0 spiro atoms. The van der Waals surface area contributed by atoms with Crippen LogP contribution in [0.3, 0.4) is 0 Å². The molecule has 0 saturated heterocycles. The number of hydrogen-bond donors (Lipinski definition) is 3. The van der Waals surface area contributed by atoms with Crippen LogP contribution in [0.25, 0.3) is 11.1 Å². The molecule has 0 unspecified atom stereocenters. The van der Waals surface area contributed by atoms with Gasteiger partial charge in [-0.1, -0.05) is 18.2 Å². The predicted molar refractivity (Wildman–Crippen MR) is 87.4 cm³/mol. The molecular weight excluding hydrogens is 262 g/mol. The summed E-state index contributed by atoms with van der Waals surface area (Å²) >= 11 is 0. The van der Waals surface area contributed by atoms with Gasteiger partial charge in [0.1, 0.15) is 11.5 Å². The Morgan fingerprint density at radius 1 is 1.00 bits per heavy atom. The van der Waals surface area contributed by atoms with E-state index in [9.17, 15) is 10.2 Å². The van der Waals surface area contributed by atoms with E-state index in [0.717, 1.165) is 16.7 Å². The number of anilines is 1. The number of hydrogen-bond acceptors (Lipinski definition) is 3. The molecule has 0 heterocycles. The molecule has 2 rings (SSSR count). The quantitative estimate of drug-likeness (QED) is 0.443. The highest BCUT2D eigenvalue weighted by molar-refractivity contribution is 5.78. The first-order valence-electron chi connectivity index (χ1n) is 6.72. The van der Waals surface area contributed by atoms with Crippen LogP contribution < -0.4 is 5.73 Å². The summed E-state index contributed by atoms with van der Waals surface area (Å²) in [7, 11) is 0. The minimum atomic E-state index is 0.0538. The number of rotatable bonds is 5. The molecule has 0 bridgehead atoms. The van der Waals surface area contributed by atoms with Gasteiger partial charge in [-0.2, -0.15) is 0 Å². The van der Waals surface area contributed by atoms with Gasteiger partial charge in [-0.05, 0) is 53.8 Å². The highest BCUT2D eigenvalue weighted by atomic mass is 16.3. The van der Waals surface area contributed by atoms with Crippen molar-refractivity contribution in [2.45, 2.75) is 12.8 Å².